The largest absolute Gasteiger partial charge is 0.318 e. The molecule has 8 nitrogen and oxygen atoms in total. The predicted molar refractivity (Wildman–Crippen MR) is 61.6 cm³/mol. The number of ketones is 1. The molecule has 0 saturated heterocycles. The van der Waals surface area contributed by atoms with Crippen LogP contribution < -0.4 is 16.4 Å². The van der Waals surface area contributed by atoms with Crippen LogP contribution in [-0.2, 0) is 11.3 Å². The molecule has 0 spiro atoms. The predicted octanol–water partition coefficient (Wildman–Crippen LogP) is -1.32. The highest BCUT2D eigenvalue weighted by atomic mass is 16.2. The van der Waals surface area contributed by atoms with Crippen molar-refractivity contribution in [2.24, 2.45) is 4.99 Å². The van der Waals surface area contributed by atoms with Gasteiger partial charge in [0.15, 0.2) is 5.84 Å². The number of nitrogens with zero attached hydrogens (tertiary/aromatic N) is 1. The first kappa shape index (κ1) is 12.0. The maximum absolute atomic E-state index is 11.9. The number of aliphatic imine (C=N–C) groups is 1. The number of nitrogens with one attached hydrogen (secondary N) is 3. The maximum atomic E-state index is 11.9. The Morgan fingerprint density at radius 3 is 2.61 bits per heavy atom. The van der Waals surface area contributed by atoms with Crippen molar-refractivity contribution >= 4 is 17.5 Å². The van der Waals surface area contributed by atoms with Crippen molar-refractivity contribution in [3.05, 3.63) is 32.1 Å². The van der Waals surface area contributed by atoms with Gasteiger partial charge in [-0.25, -0.2) is 0 Å². The third kappa shape index (κ3) is 1.99. The summed E-state index contributed by atoms with van der Waals surface area (Å²) >= 11 is 0. The molecule has 0 aliphatic carbocycles. The smallest absolute Gasteiger partial charge is 0.314 e. The second kappa shape index (κ2) is 4.40. The van der Waals surface area contributed by atoms with E-state index < -0.39 is 16.9 Å². The molecule has 94 valence electrons. The van der Waals surface area contributed by atoms with Gasteiger partial charge >= 0.3 is 11.1 Å². The average Bonchev–Trinajstić information content (AvgIpc) is 2.35. The van der Waals surface area contributed by atoms with E-state index in [2.05, 4.69) is 20.3 Å². The molecule has 18 heavy (non-hydrogen) atoms. The molecule has 0 unspecified atom stereocenters. The van der Waals surface area contributed by atoms with E-state index in [1.54, 1.807) is 6.92 Å². The summed E-state index contributed by atoms with van der Waals surface area (Å²) in [5, 5.41) is 2.34. The van der Waals surface area contributed by atoms with Gasteiger partial charge in [0.2, 0.25) is 11.7 Å². The van der Waals surface area contributed by atoms with Gasteiger partial charge in [0.25, 0.3) is 0 Å². The Bertz CT molecular complexity index is 667. The number of amides is 1. The van der Waals surface area contributed by atoms with Crippen LogP contribution in [0.15, 0.2) is 14.6 Å². The molecule has 0 radical (unpaired) electrons. The molecule has 1 aromatic rings. The molecule has 8 heteroatoms. The number of fused-ring (bicyclic) bond motifs is 1. The molecule has 1 aliphatic heterocycles. The Morgan fingerprint density at radius 1 is 1.28 bits per heavy atom. The van der Waals surface area contributed by atoms with Gasteiger partial charge in [-0.1, -0.05) is 6.92 Å². The minimum absolute atomic E-state index is 0.0203. The summed E-state index contributed by atoms with van der Waals surface area (Å²) in [7, 11) is 0. The lowest BCUT2D eigenvalue weighted by atomic mass is 10.1. The monoisotopic (exact) mass is 250 g/mol. The number of hydrogen-bond donors (Lipinski definition) is 3. The Labute approximate surface area is 100 Å². The van der Waals surface area contributed by atoms with Crippen molar-refractivity contribution < 1.29 is 9.59 Å². The van der Waals surface area contributed by atoms with Crippen molar-refractivity contribution in [1.82, 2.24) is 15.3 Å². The summed E-state index contributed by atoms with van der Waals surface area (Å²) in [6, 6.07) is 0. The van der Waals surface area contributed by atoms with Crippen LogP contribution in [0, 0.1) is 0 Å². The molecular weight excluding hydrogens is 240 g/mol. The summed E-state index contributed by atoms with van der Waals surface area (Å²) in [5.41, 5.74) is -1.55. The molecule has 0 saturated carbocycles. The topological polar surface area (TPSA) is 124 Å². The first-order chi connectivity index (χ1) is 8.52. The van der Waals surface area contributed by atoms with Crippen LogP contribution in [0.25, 0.3) is 0 Å². The molecule has 1 aliphatic rings. The second-order valence-corrected chi connectivity index (χ2v) is 3.66. The van der Waals surface area contributed by atoms with Gasteiger partial charge in [0, 0.05) is 6.42 Å². The van der Waals surface area contributed by atoms with Crippen molar-refractivity contribution in [3.63, 3.8) is 0 Å². The molecule has 2 rings (SSSR count). The molecule has 3 N–H and O–H groups in total. The fourth-order valence-corrected chi connectivity index (χ4v) is 1.48. The molecule has 0 bridgehead atoms. The third-order valence-electron chi connectivity index (χ3n) is 2.43. The number of Topliss-reactive ketones (excluding diaryl/α,β-unsaturated/α-hetero) is 1. The fraction of sp³-hybridized carbons (Fsp3) is 0.300. The summed E-state index contributed by atoms with van der Waals surface area (Å²) < 4.78 is 0. The summed E-state index contributed by atoms with van der Waals surface area (Å²) in [6.07, 6.45) is 0.210. The average molecular weight is 250 g/mol. The van der Waals surface area contributed by atoms with E-state index in [1.165, 1.54) is 0 Å². The second-order valence-electron chi connectivity index (χ2n) is 3.66. The molecule has 2 heterocycles. The first-order valence-electron chi connectivity index (χ1n) is 5.27. The van der Waals surface area contributed by atoms with Crippen LogP contribution in [0.5, 0.6) is 0 Å². The lowest BCUT2D eigenvalue weighted by Gasteiger charge is -2.14. The Morgan fingerprint density at radius 2 is 1.94 bits per heavy atom. The van der Waals surface area contributed by atoms with E-state index in [4.69, 9.17) is 0 Å². The van der Waals surface area contributed by atoms with Crippen molar-refractivity contribution in [2.45, 2.75) is 19.9 Å². The molecule has 0 fully saturated rings. The van der Waals surface area contributed by atoms with E-state index >= 15 is 0 Å². The van der Waals surface area contributed by atoms with Gasteiger partial charge < -0.3 is 15.3 Å². The van der Waals surface area contributed by atoms with E-state index in [9.17, 15) is 19.2 Å². The number of aromatic amines is 2. The minimum Gasteiger partial charge on any atom is -0.318 e. The standard InChI is InChI=1S/C10H10N4O4/c1-2-5(15)13-8-7(16)6-4(3-11-8)12-9(17)10(18)14-6/h2-3H2,1H3,(H,12,17)(H,14,18)(H,11,13,15). The number of carbonyl (C=O) groups excluding carboxylic acids is 2. The van der Waals surface area contributed by atoms with Crippen LogP contribution in [0.4, 0.5) is 0 Å². The van der Waals surface area contributed by atoms with Gasteiger partial charge in [0.1, 0.15) is 5.69 Å². The number of H-pyrrole nitrogens is 2. The van der Waals surface area contributed by atoms with Crippen LogP contribution in [0.2, 0.25) is 0 Å². The summed E-state index contributed by atoms with van der Waals surface area (Å²) in [6.45, 7) is 1.66. The zero-order valence-electron chi connectivity index (χ0n) is 9.49. The van der Waals surface area contributed by atoms with Crippen LogP contribution in [0.3, 0.4) is 0 Å². The number of amidine groups is 1. The van der Waals surface area contributed by atoms with E-state index in [1.807, 2.05) is 0 Å². The molecule has 1 amide bonds. The number of aromatic nitrogens is 2. The number of hydrogen-bond acceptors (Lipinski definition) is 5. The first-order valence-corrected chi connectivity index (χ1v) is 5.27. The minimum atomic E-state index is -0.912. The highest BCUT2D eigenvalue weighted by molar-refractivity contribution is 6.47. The van der Waals surface area contributed by atoms with Crippen LogP contribution >= 0.6 is 0 Å². The lowest BCUT2D eigenvalue weighted by Crippen LogP contribution is -2.42. The van der Waals surface area contributed by atoms with Gasteiger partial charge in [-0.2, -0.15) is 0 Å². The van der Waals surface area contributed by atoms with Crippen LogP contribution in [0.1, 0.15) is 29.5 Å². The zero-order valence-corrected chi connectivity index (χ0v) is 9.49. The highest BCUT2D eigenvalue weighted by Crippen LogP contribution is 2.08. The normalized spacial score (nSPS) is 13.8. The van der Waals surface area contributed by atoms with Gasteiger partial charge in [0.05, 0.1) is 12.2 Å². The molecule has 0 atom stereocenters. The molecule has 1 aromatic heterocycles. The summed E-state index contributed by atoms with van der Waals surface area (Å²) in [4.78, 5) is 53.6. The van der Waals surface area contributed by atoms with Crippen molar-refractivity contribution in [1.29, 1.82) is 0 Å². The quantitative estimate of drug-likeness (QED) is 0.535. The number of rotatable bonds is 1. The van der Waals surface area contributed by atoms with Gasteiger partial charge in [-0.15, -0.1) is 0 Å². The SMILES string of the molecule is CCC(=O)NC1=NCc2[nH]c(=O)c(=O)[nH]c2C1=O. The van der Waals surface area contributed by atoms with Crippen LogP contribution in [-0.4, -0.2) is 27.5 Å². The fourth-order valence-electron chi connectivity index (χ4n) is 1.48. The van der Waals surface area contributed by atoms with Crippen molar-refractivity contribution in [3.8, 4) is 0 Å². The molecular formula is C10H10N4O4. The number of carbonyl (C=O) groups is 2. The lowest BCUT2D eigenvalue weighted by molar-refractivity contribution is -0.119. The Kier molecular flexibility index (Phi) is 2.92. The molecule has 0 aromatic carbocycles. The van der Waals surface area contributed by atoms with E-state index in [0.717, 1.165) is 0 Å². The highest BCUT2D eigenvalue weighted by Gasteiger charge is 2.25. The van der Waals surface area contributed by atoms with Crippen molar-refractivity contribution in [2.75, 3.05) is 0 Å². The Hall–Kier alpha value is -2.51. The summed E-state index contributed by atoms with van der Waals surface area (Å²) in [5.74, 6) is -1.10. The Balaban J connectivity index is 2.40. The zero-order chi connectivity index (χ0) is 13.3. The van der Waals surface area contributed by atoms with E-state index in [0.29, 0.717) is 0 Å². The maximum Gasteiger partial charge on any atom is 0.314 e. The van der Waals surface area contributed by atoms with Gasteiger partial charge in [-0.05, 0) is 0 Å². The van der Waals surface area contributed by atoms with E-state index in [-0.39, 0.29) is 36.1 Å². The van der Waals surface area contributed by atoms with Gasteiger partial charge in [-0.3, -0.25) is 24.2 Å². The third-order valence-corrected chi connectivity index (χ3v) is 2.43.